The lowest BCUT2D eigenvalue weighted by Gasteiger charge is -2.12. The van der Waals surface area contributed by atoms with E-state index >= 15 is 0 Å². The van der Waals surface area contributed by atoms with E-state index in [1.54, 1.807) is 14.2 Å². The van der Waals surface area contributed by atoms with Crippen LogP contribution in [0.15, 0.2) is 27.2 Å². The van der Waals surface area contributed by atoms with Gasteiger partial charge in [0.25, 0.3) is 0 Å². The summed E-state index contributed by atoms with van der Waals surface area (Å²) in [4.78, 5) is 0. The van der Waals surface area contributed by atoms with Gasteiger partial charge in [-0.05, 0) is 24.6 Å². The van der Waals surface area contributed by atoms with Gasteiger partial charge >= 0.3 is 0 Å². The van der Waals surface area contributed by atoms with E-state index in [2.05, 4.69) is 26.4 Å². The third kappa shape index (κ3) is 3.52. The van der Waals surface area contributed by atoms with Gasteiger partial charge in [-0.25, -0.2) is 0 Å². The maximum atomic E-state index is 5.30. The van der Waals surface area contributed by atoms with Crippen molar-refractivity contribution >= 4 is 15.9 Å². The molecule has 0 saturated heterocycles. The van der Waals surface area contributed by atoms with E-state index in [-0.39, 0.29) is 0 Å². The second-order valence-electron chi connectivity index (χ2n) is 4.33. The van der Waals surface area contributed by atoms with Gasteiger partial charge in [0.15, 0.2) is 11.5 Å². The summed E-state index contributed by atoms with van der Waals surface area (Å²) >= 11 is 3.53. The Kier molecular flexibility index (Phi) is 5.03. The molecule has 5 nitrogen and oxygen atoms in total. The first-order valence-electron chi connectivity index (χ1n) is 6.17. The molecule has 0 fully saturated rings. The largest absolute Gasteiger partial charge is 0.493 e. The molecule has 0 spiro atoms. The van der Waals surface area contributed by atoms with E-state index in [9.17, 15) is 0 Å². The van der Waals surface area contributed by atoms with Crippen LogP contribution in [0.1, 0.15) is 17.0 Å². The normalized spacial score (nSPS) is 10.6. The van der Waals surface area contributed by atoms with Gasteiger partial charge < -0.3 is 19.3 Å². The molecule has 2 aromatic rings. The van der Waals surface area contributed by atoms with Crippen LogP contribution < -0.4 is 14.8 Å². The lowest BCUT2D eigenvalue weighted by molar-refractivity contribution is 0.354. The van der Waals surface area contributed by atoms with E-state index in [4.69, 9.17) is 14.0 Å². The molecule has 0 unspecified atom stereocenters. The number of ether oxygens (including phenoxy) is 2. The molecule has 0 saturated carbocycles. The SMILES string of the molecule is COc1cc(Br)c(CNCc2cc(C)on2)cc1OC. The summed E-state index contributed by atoms with van der Waals surface area (Å²) < 4.78 is 16.5. The zero-order valence-corrected chi connectivity index (χ0v) is 13.3. The van der Waals surface area contributed by atoms with Crippen LogP contribution in [0.2, 0.25) is 0 Å². The Morgan fingerprint density at radius 1 is 1.15 bits per heavy atom. The van der Waals surface area contributed by atoms with Crippen LogP contribution in [-0.4, -0.2) is 19.4 Å². The summed E-state index contributed by atoms with van der Waals surface area (Å²) in [5, 5.41) is 7.25. The lowest BCUT2D eigenvalue weighted by Crippen LogP contribution is -2.13. The molecular weight excluding hydrogens is 324 g/mol. The van der Waals surface area contributed by atoms with Crippen LogP contribution >= 0.6 is 15.9 Å². The molecule has 0 amide bonds. The van der Waals surface area contributed by atoms with Gasteiger partial charge in [-0.3, -0.25) is 0 Å². The van der Waals surface area contributed by atoms with Gasteiger partial charge in [0.1, 0.15) is 5.76 Å². The van der Waals surface area contributed by atoms with Gasteiger partial charge in [0.2, 0.25) is 0 Å². The number of rotatable bonds is 6. The van der Waals surface area contributed by atoms with Crippen LogP contribution in [-0.2, 0) is 13.1 Å². The molecule has 0 aliphatic heterocycles. The van der Waals surface area contributed by atoms with Crippen LogP contribution in [0.3, 0.4) is 0 Å². The molecule has 0 bridgehead atoms. The number of hydrogen-bond acceptors (Lipinski definition) is 5. The minimum absolute atomic E-state index is 0.651. The molecule has 108 valence electrons. The fourth-order valence-electron chi connectivity index (χ4n) is 1.86. The Morgan fingerprint density at radius 2 is 1.85 bits per heavy atom. The van der Waals surface area contributed by atoms with Crippen molar-refractivity contribution in [3.8, 4) is 11.5 Å². The molecule has 20 heavy (non-hydrogen) atoms. The minimum Gasteiger partial charge on any atom is -0.493 e. The van der Waals surface area contributed by atoms with Crippen molar-refractivity contribution in [1.82, 2.24) is 10.5 Å². The van der Waals surface area contributed by atoms with Gasteiger partial charge in [0, 0.05) is 23.6 Å². The molecule has 6 heteroatoms. The standard InChI is InChI=1S/C14H17BrN2O3/c1-9-4-11(17-20-9)8-16-7-10-5-13(18-2)14(19-3)6-12(10)15/h4-6,16H,7-8H2,1-3H3. The number of nitrogens with one attached hydrogen (secondary N) is 1. The molecule has 0 aliphatic rings. The minimum atomic E-state index is 0.651. The number of aromatic nitrogens is 1. The molecule has 2 rings (SSSR count). The van der Waals surface area contributed by atoms with Crippen molar-refractivity contribution in [3.63, 3.8) is 0 Å². The highest BCUT2D eigenvalue weighted by Gasteiger charge is 2.09. The van der Waals surface area contributed by atoms with Gasteiger partial charge in [-0.1, -0.05) is 21.1 Å². The Bertz CT molecular complexity index is 584. The highest BCUT2D eigenvalue weighted by molar-refractivity contribution is 9.10. The number of hydrogen-bond donors (Lipinski definition) is 1. The van der Waals surface area contributed by atoms with Crippen LogP contribution in [0.25, 0.3) is 0 Å². The summed E-state index contributed by atoms with van der Waals surface area (Å²) in [6, 6.07) is 5.76. The maximum absolute atomic E-state index is 5.30. The average molecular weight is 341 g/mol. The summed E-state index contributed by atoms with van der Waals surface area (Å²) in [5.41, 5.74) is 1.97. The fraction of sp³-hybridized carbons (Fsp3) is 0.357. The Labute approximate surface area is 126 Å². The smallest absolute Gasteiger partial charge is 0.161 e. The molecule has 0 radical (unpaired) electrons. The zero-order valence-electron chi connectivity index (χ0n) is 11.7. The van der Waals surface area contributed by atoms with E-state index in [1.807, 2.05) is 25.1 Å². The topological polar surface area (TPSA) is 56.5 Å². The number of aryl methyl sites for hydroxylation is 1. The third-order valence-electron chi connectivity index (χ3n) is 2.85. The molecule has 1 N–H and O–H groups in total. The fourth-order valence-corrected chi connectivity index (χ4v) is 2.32. The van der Waals surface area contributed by atoms with E-state index in [0.717, 1.165) is 21.5 Å². The number of nitrogens with zero attached hydrogens (tertiary/aromatic N) is 1. The summed E-state index contributed by atoms with van der Waals surface area (Å²) in [7, 11) is 3.25. The number of benzene rings is 1. The van der Waals surface area contributed by atoms with Crippen molar-refractivity contribution in [2.45, 2.75) is 20.0 Å². The summed E-state index contributed by atoms with van der Waals surface area (Å²) in [6.45, 7) is 3.21. The Hall–Kier alpha value is -1.53. The predicted octanol–water partition coefficient (Wildman–Crippen LogP) is 3.05. The van der Waals surface area contributed by atoms with Crippen LogP contribution in [0.4, 0.5) is 0 Å². The molecular formula is C14H17BrN2O3. The van der Waals surface area contributed by atoms with Gasteiger partial charge in [-0.15, -0.1) is 0 Å². The molecule has 0 atom stereocenters. The number of halogens is 1. The third-order valence-corrected chi connectivity index (χ3v) is 3.59. The first-order chi connectivity index (χ1) is 9.63. The molecule has 1 heterocycles. The monoisotopic (exact) mass is 340 g/mol. The Morgan fingerprint density at radius 3 is 2.45 bits per heavy atom. The predicted molar refractivity (Wildman–Crippen MR) is 79.0 cm³/mol. The molecule has 1 aromatic carbocycles. The zero-order chi connectivity index (χ0) is 14.5. The van der Waals surface area contributed by atoms with Crippen LogP contribution in [0.5, 0.6) is 11.5 Å². The summed E-state index contributed by atoms with van der Waals surface area (Å²) in [6.07, 6.45) is 0. The first kappa shape index (κ1) is 14.9. The molecule has 1 aromatic heterocycles. The number of methoxy groups -OCH3 is 2. The van der Waals surface area contributed by atoms with Crippen molar-refractivity contribution in [1.29, 1.82) is 0 Å². The van der Waals surface area contributed by atoms with E-state index in [0.29, 0.717) is 24.6 Å². The molecule has 0 aliphatic carbocycles. The van der Waals surface area contributed by atoms with Gasteiger partial charge in [0.05, 0.1) is 19.9 Å². The highest BCUT2D eigenvalue weighted by Crippen LogP contribution is 2.33. The van der Waals surface area contributed by atoms with Crippen molar-refractivity contribution < 1.29 is 14.0 Å². The van der Waals surface area contributed by atoms with Crippen molar-refractivity contribution in [2.24, 2.45) is 0 Å². The first-order valence-corrected chi connectivity index (χ1v) is 6.96. The highest BCUT2D eigenvalue weighted by atomic mass is 79.9. The second kappa shape index (κ2) is 6.76. The van der Waals surface area contributed by atoms with Crippen LogP contribution in [0, 0.1) is 6.92 Å². The van der Waals surface area contributed by atoms with Crippen molar-refractivity contribution in [3.05, 3.63) is 39.7 Å². The van der Waals surface area contributed by atoms with Crippen molar-refractivity contribution in [2.75, 3.05) is 14.2 Å². The lowest BCUT2D eigenvalue weighted by atomic mass is 10.2. The average Bonchev–Trinajstić information content (AvgIpc) is 2.85. The quantitative estimate of drug-likeness (QED) is 0.875. The summed E-state index contributed by atoms with van der Waals surface area (Å²) in [5.74, 6) is 2.23. The maximum Gasteiger partial charge on any atom is 0.161 e. The van der Waals surface area contributed by atoms with E-state index < -0.39 is 0 Å². The Balaban J connectivity index is 2.02. The second-order valence-corrected chi connectivity index (χ2v) is 5.19. The van der Waals surface area contributed by atoms with Gasteiger partial charge in [-0.2, -0.15) is 0 Å². The van der Waals surface area contributed by atoms with E-state index in [1.165, 1.54) is 0 Å².